The summed E-state index contributed by atoms with van der Waals surface area (Å²) in [6.07, 6.45) is 1.05. The van der Waals surface area contributed by atoms with Crippen molar-refractivity contribution in [3.05, 3.63) is 0 Å². The number of rotatable bonds is 12. The molecule has 0 aromatic heterocycles. The van der Waals surface area contributed by atoms with E-state index in [1.807, 2.05) is 62.3 Å². The molecule has 10 heteroatoms. The minimum Gasteiger partial charge on any atom is -0.444 e. The molecule has 0 saturated heterocycles. The Morgan fingerprint density at radius 1 is 0.543 bits per heavy atom. The van der Waals surface area contributed by atoms with Crippen LogP contribution in [-0.2, 0) is 14.2 Å². The highest BCUT2D eigenvalue weighted by Gasteiger charge is 2.23. The van der Waals surface area contributed by atoms with Crippen LogP contribution in [0.4, 0.5) is 14.4 Å². The van der Waals surface area contributed by atoms with E-state index in [0.717, 1.165) is 43.4 Å². The Labute approximate surface area is 212 Å². The van der Waals surface area contributed by atoms with Crippen LogP contribution in [0.25, 0.3) is 0 Å². The van der Waals surface area contributed by atoms with Gasteiger partial charge in [0.25, 0.3) is 0 Å². The summed E-state index contributed by atoms with van der Waals surface area (Å²) in [5, 5.41) is 8.40. The van der Waals surface area contributed by atoms with Crippen LogP contribution in [0.5, 0.6) is 0 Å². The zero-order chi connectivity index (χ0) is 27.3. The highest BCUT2D eigenvalue weighted by molar-refractivity contribution is 5.68. The van der Waals surface area contributed by atoms with E-state index in [9.17, 15) is 14.4 Å². The van der Waals surface area contributed by atoms with Gasteiger partial charge in [-0.3, -0.25) is 0 Å². The van der Waals surface area contributed by atoms with Gasteiger partial charge < -0.3 is 34.6 Å². The van der Waals surface area contributed by atoms with Gasteiger partial charge >= 0.3 is 18.3 Å². The number of carbonyl (C=O) groups is 3. The van der Waals surface area contributed by atoms with E-state index in [1.165, 1.54) is 0 Å². The van der Waals surface area contributed by atoms with Crippen molar-refractivity contribution in [1.29, 1.82) is 0 Å². The molecule has 0 aliphatic carbocycles. The van der Waals surface area contributed by atoms with Crippen LogP contribution in [0.2, 0.25) is 0 Å². The van der Waals surface area contributed by atoms with Crippen molar-refractivity contribution >= 4 is 18.3 Å². The van der Waals surface area contributed by atoms with Gasteiger partial charge in [-0.25, -0.2) is 14.4 Å². The predicted octanol–water partition coefficient (Wildman–Crippen LogP) is 4.18. The first-order chi connectivity index (χ1) is 15.8. The van der Waals surface area contributed by atoms with Gasteiger partial charge in [-0.05, 0) is 62.3 Å². The lowest BCUT2D eigenvalue weighted by Gasteiger charge is -2.35. The molecule has 3 N–H and O–H groups in total. The Morgan fingerprint density at radius 3 is 0.971 bits per heavy atom. The minimum absolute atomic E-state index is 0.421. The highest BCUT2D eigenvalue weighted by atomic mass is 16.6. The third kappa shape index (κ3) is 20.8. The molecule has 0 bridgehead atoms. The Kier molecular flexibility index (Phi) is 13.4. The lowest BCUT2D eigenvalue weighted by atomic mass is 10.2. The van der Waals surface area contributed by atoms with Crippen molar-refractivity contribution in [1.82, 2.24) is 16.0 Å². The van der Waals surface area contributed by atoms with E-state index in [0.29, 0.717) is 19.6 Å². The standard InChI is InChI=1S/C25H50N4O6/c1-23(2,3)33-20(30)26-14-11-17-29(10,18-12-15-27-21(31)34-24(4,5)6)19-13-16-28-22(32)35-25(7,8)9/h11-19H2,1-10H3,(H2-,26,27,28,30,31,32)/p+1. The van der Waals surface area contributed by atoms with Gasteiger partial charge in [0, 0.05) is 38.9 Å². The average molecular weight is 504 g/mol. The van der Waals surface area contributed by atoms with Crippen LogP contribution in [0.1, 0.15) is 81.6 Å². The summed E-state index contributed by atoms with van der Waals surface area (Å²) in [6.45, 7) is 20.5. The molecule has 0 aromatic rings. The molecule has 206 valence electrons. The van der Waals surface area contributed by atoms with E-state index < -0.39 is 35.1 Å². The maximum atomic E-state index is 11.9. The van der Waals surface area contributed by atoms with Gasteiger partial charge in [-0.1, -0.05) is 0 Å². The molecular formula is C25H51N4O6+. The maximum absolute atomic E-state index is 11.9. The molecule has 0 saturated carbocycles. The molecule has 0 atom stereocenters. The summed E-state index contributed by atoms with van der Waals surface area (Å²) in [7, 11) is 2.15. The second-order valence-corrected chi connectivity index (χ2v) is 12.1. The van der Waals surface area contributed by atoms with Crippen molar-refractivity contribution < 1.29 is 33.1 Å². The minimum atomic E-state index is -0.531. The Morgan fingerprint density at radius 2 is 0.771 bits per heavy atom. The molecule has 3 amide bonds. The van der Waals surface area contributed by atoms with Crippen molar-refractivity contribution in [2.45, 2.75) is 98.4 Å². The number of nitrogens with zero attached hydrogens (tertiary/aromatic N) is 1. The second-order valence-electron chi connectivity index (χ2n) is 12.1. The van der Waals surface area contributed by atoms with Crippen LogP contribution >= 0.6 is 0 Å². The molecule has 0 spiro atoms. The molecule has 0 radical (unpaired) electrons. The first-order valence-corrected chi connectivity index (χ1v) is 12.5. The molecule has 35 heavy (non-hydrogen) atoms. The maximum Gasteiger partial charge on any atom is 0.407 e. The third-order valence-electron chi connectivity index (χ3n) is 4.63. The van der Waals surface area contributed by atoms with Crippen molar-refractivity contribution in [2.75, 3.05) is 46.3 Å². The monoisotopic (exact) mass is 503 g/mol. The van der Waals surface area contributed by atoms with E-state index >= 15 is 0 Å². The zero-order valence-corrected chi connectivity index (χ0v) is 23.8. The average Bonchev–Trinajstić information content (AvgIpc) is 2.62. The van der Waals surface area contributed by atoms with Crippen LogP contribution in [-0.4, -0.2) is 85.9 Å². The molecule has 0 rings (SSSR count). The Hall–Kier alpha value is -2.23. The molecule has 0 aromatic carbocycles. The zero-order valence-electron chi connectivity index (χ0n) is 23.8. The van der Waals surface area contributed by atoms with Crippen LogP contribution in [0, 0.1) is 0 Å². The second kappa shape index (κ2) is 14.4. The number of hydrogen-bond acceptors (Lipinski definition) is 6. The van der Waals surface area contributed by atoms with Gasteiger partial charge in [0.05, 0.1) is 26.7 Å². The molecule has 0 aliphatic heterocycles. The first-order valence-electron chi connectivity index (χ1n) is 12.5. The van der Waals surface area contributed by atoms with E-state index in [2.05, 4.69) is 23.0 Å². The van der Waals surface area contributed by atoms with E-state index in [-0.39, 0.29) is 0 Å². The largest absolute Gasteiger partial charge is 0.444 e. The Bertz CT molecular complexity index is 574. The fraction of sp³-hybridized carbons (Fsp3) is 0.880. The third-order valence-corrected chi connectivity index (χ3v) is 4.63. The smallest absolute Gasteiger partial charge is 0.407 e. The number of alkyl carbamates (subject to hydrolysis) is 3. The van der Waals surface area contributed by atoms with Crippen LogP contribution < -0.4 is 16.0 Å². The summed E-state index contributed by atoms with van der Waals surface area (Å²) in [4.78, 5) is 35.7. The summed E-state index contributed by atoms with van der Waals surface area (Å²) >= 11 is 0. The van der Waals surface area contributed by atoms with E-state index in [1.54, 1.807) is 0 Å². The first kappa shape index (κ1) is 32.8. The molecule has 0 fully saturated rings. The quantitative estimate of drug-likeness (QED) is 0.209. The van der Waals surface area contributed by atoms with Crippen molar-refractivity contribution in [3.63, 3.8) is 0 Å². The van der Waals surface area contributed by atoms with Crippen LogP contribution in [0.3, 0.4) is 0 Å². The van der Waals surface area contributed by atoms with Crippen molar-refractivity contribution in [3.8, 4) is 0 Å². The van der Waals surface area contributed by atoms with Crippen molar-refractivity contribution in [2.24, 2.45) is 0 Å². The number of nitrogens with one attached hydrogen (secondary N) is 3. The van der Waals surface area contributed by atoms with Gasteiger partial charge in [0.1, 0.15) is 16.8 Å². The molecule has 0 heterocycles. The lowest BCUT2D eigenvalue weighted by Crippen LogP contribution is -2.49. The summed E-state index contributed by atoms with van der Waals surface area (Å²) in [5.74, 6) is 0. The highest BCUT2D eigenvalue weighted by Crippen LogP contribution is 2.10. The normalized spacial score (nSPS) is 12.5. The fourth-order valence-corrected chi connectivity index (χ4v) is 3.23. The number of amides is 3. The van der Waals surface area contributed by atoms with E-state index in [4.69, 9.17) is 14.2 Å². The topological polar surface area (TPSA) is 115 Å². The summed E-state index contributed by atoms with van der Waals surface area (Å²) in [6, 6.07) is 0. The predicted molar refractivity (Wildman–Crippen MR) is 137 cm³/mol. The summed E-state index contributed by atoms with van der Waals surface area (Å²) < 4.78 is 16.6. The fourth-order valence-electron chi connectivity index (χ4n) is 3.23. The molecule has 0 unspecified atom stereocenters. The lowest BCUT2D eigenvalue weighted by molar-refractivity contribution is -0.909. The van der Waals surface area contributed by atoms with Gasteiger partial charge in [-0.2, -0.15) is 0 Å². The number of quaternary nitrogens is 1. The van der Waals surface area contributed by atoms with Gasteiger partial charge in [-0.15, -0.1) is 0 Å². The molecular weight excluding hydrogens is 452 g/mol. The Balaban J connectivity index is 4.66. The van der Waals surface area contributed by atoms with Crippen LogP contribution in [0.15, 0.2) is 0 Å². The number of ether oxygens (including phenoxy) is 3. The van der Waals surface area contributed by atoms with Gasteiger partial charge in [0.2, 0.25) is 0 Å². The van der Waals surface area contributed by atoms with Gasteiger partial charge in [0.15, 0.2) is 0 Å². The number of carbonyl (C=O) groups excluding carboxylic acids is 3. The summed E-state index contributed by atoms with van der Waals surface area (Å²) in [5.41, 5.74) is -1.59. The molecule has 0 aliphatic rings. The SMILES string of the molecule is CC(C)(C)OC(=O)NCCC[N+](C)(CCCNC(=O)OC(C)(C)C)CCCNC(=O)OC(C)(C)C. The number of hydrogen-bond donors (Lipinski definition) is 3. The molecule has 10 nitrogen and oxygen atoms in total.